The minimum absolute atomic E-state index is 0.0267. The molecule has 3 heterocycles. The molecular weight excluding hydrogens is 558 g/mol. The highest BCUT2D eigenvalue weighted by Gasteiger charge is 2.33. The molecule has 0 radical (unpaired) electrons. The zero-order chi connectivity index (χ0) is 28.2. The maximum Gasteiger partial charge on any atom is 0.273 e. The second-order valence-electron chi connectivity index (χ2n) is 10.1. The van der Waals surface area contributed by atoms with Gasteiger partial charge in [-0.3, -0.25) is 19.5 Å². The molecule has 1 aliphatic carbocycles. The lowest BCUT2D eigenvalue weighted by Gasteiger charge is -2.31. The van der Waals surface area contributed by atoms with Gasteiger partial charge in [0.05, 0.1) is 21.2 Å². The molecule has 0 amide bonds. The van der Waals surface area contributed by atoms with Gasteiger partial charge in [0.2, 0.25) is 0 Å². The summed E-state index contributed by atoms with van der Waals surface area (Å²) >= 11 is 8.02. The molecule has 7 nitrogen and oxygen atoms in total. The van der Waals surface area contributed by atoms with Gasteiger partial charge in [0.1, 0.15) is 11.5 Å². The van der Waals surface area contributed by atoms with Crippen molar-refractivity contribution in [2.24, 2.45) is 4.99 Å². The summed E-state index contributed by atoms with van der Waals surface area (Å²) < 4.78 is 8.25. The first-order valence-corrected chi connectivity index (χ1v) is 14.3. The van der Waals surface area contributed by atoms with E-state index in [-0.39, 0.29) is 17.3 Å². The van der Waals surface area contributed by atoms with Crippen LogP contribution in [0.4, 0.5) is 5.69 Å². The number of aryl methyl sites for hydroxylation is 2. The second kappa shape index (κ2) is 9.83. The Morgan fingerprint density at radius 1 is 1.07 bits per heavy atom. The predicted molar refractivity (Wildman–Crippen MR) is 160 cm³/mol. The van der Waals surface area contributed by atoms with Crippen LogP contribution in [0.15, 0.2) is 98.6 Å². The summed E-state index contributed by atoms with van der Waals surface area (Å²) in [5.74, 6) is 0.949. The van der Waals surface area contributed by atoms with Gasteiger partial charge in [-0.1, -0.05) is 77.5 Å². The normalized spacial score (nSPS) is 16.1. The van der Waals surface area contributed by atoms with Crippen LogP contribution in [0.5, 0.6) is 0 Å². The van der Waals surface area contributed by atoms with E-state index < -0.39 is 4.92 Å². The molecule has 3 aromatic carbocycles. The van der Waals surface area contributed by atoms with Crippen molar-refractivity contribution in [3.63, 3.8) is 0 Å². The fourth-order valence-electron chi connectivity index (χ4n) is 5.67. The molecule has 202 valence electrons. The van der Waals surface area contributed by atoms with Gasteiger partial charge in [-0.05, 0) is 54.7 Å². The molecule has 0 fully saturated rings. The number of thiazole rings is 1. The largest absolute Gasteiger partial charge is 0.457 e. The molecule has 5 aromatic rings. The Kier molecular flexibility index (Phi) is 6.10. The third-order valence-electron chi connectivity index (χ3n) is 7.66. The highest BCUT2D eigenvalue weighted by molar-refractivity contribution is 7.07. The lowest BCUT2D eigenvalue weighted by Crippen LogP contribution is -2.38. The molecule has 0 saturated heterocycles. The van der Waals surface area contributed by atoms with Crippen LogP contribution in [0.3, 0.4) is 0 Å². The van der Waals surface area contributed by atoms with E-state index in [0.717, 1.165) is 35.2 Å². The fraction of sp³-hybridized carbons (Fsp3) is 0.125. The van der Waals surface area contributed by atoms with Gasteiger partial charge in [0.25, 0.3) is 11.2 Å². The van der Waals surface area contributed by atoms with Gasteiger partial charge in [0.15, 0.2) is 4.80 Å². The quantitative estimate of drug-likeness (QED) is 0.181. The molecule has 0 saturated carbocycles. The van der Waals surface area contributed by atoms with Crippen LogP contribution in [0.2, 0.25) is 5.02 Å². The summed E-state index contributed by atoms with van der Waals surface area (Å²) in [4.78, 5) is 30.6. The molecule has 0 unspecified atom stereocenters. The van der Waals surface area contributed by atoms with Crippen molar-refractivity contribution in [3.05, 3.63) is 147 Å². The van der Waals surface area contributed by atoms with Crippen molar-refractivity contribution in [2.45, 2.75) is 25.8 Å². The van der Waals surface area contributed by atoms with E-state index in [1.165, 1.54) is 23.0 Å². The molecule has 0 bridgehead atoms. The molecular formula is C32H22ClN3O4S. The average molecular weight is 580 g/mol. The minimum Gasteiger partial charge on any atom is -0.457 e. The summed E-state index contributed by atoms with van der Waals surface area (Å²) in [6, 6.07) is 24.0. The van der Waals surface area contributed by atoms with E-state index in [9.17, 15) is 14.9 Å². The SMILES string of the molecule is Cc1ccc(-c2ccc(/C=c3\sc4n(c3=O)[C@@H](c3ccccc3Cl)C3=C(N=4)c4ccccc4CC3)o2)cc1[N+](=O)[O-]. The standard InChI is InChI=1S/C32H22ClN3O4S/c1-18-10-11-20(16-26(18)36(38)39)27-15-13-21(40-27)17-28-31(37)35-30(23-8-4-5-9-25(23)33)24-14-12-19-6-2-3-7-22(19)29(24)34-32(35)41-28/h2-11,13,15-17,30H,12,14H2,1H3/b28-17-/t30-/m0/s1. The highest BCUT2D eigenvalue weighted by atomic mass is 35.5. The molecule has 1 atom stereocenters. The Balaban J connectivity index is 1.38. The van der Waals surface area contributed by atoms with Crippen molar-refractivity contribution in [2.75, 3.05) is 0 Å². The fourth-order valence-corrected chi connectivity index (χ4v) is 6.89. The summed E-state index contributed by atoms with van der Waals surface area (Å²) in [7, 11) is 0. The maximum absolute atomic E-state index is 14.0. The zero-order valence-corrected chi connectivity index (χ0v) is 23.4. The molecule has 7 rings (SSSR count). The van der Waals surface area contributed by atoms with Gasteiger partial charge < -0.3 is 4.42 Å². The average Bonchev–Trinajstić information content (AvgIpc) is 3.56. The number of nitrogens with zero attached hydrogens (tertiary/aromatic N) is 3. The first-order chi connectivity index (χ1) is 19.9. The Bertz CT molecular complexity index is 2100. The van der Waals surface area contributed by atoms with E-state index in [4.69, 9.17) is 21.0 Å². The number of hydrogen-bond acceptors (Lipinski definition) is 6. The minimum atomic E-state index is -0.406. The van der Waals surface area contributed by atoms with Gasteiger partial charge in [-0.2, -0.15) is 0 Å². The van der Waals surface area contributed by atoms with E-state index in [1.54, 1.807) is 41.8 Å². The smallest absolute Gasteiger partial charge is 0.273 e. The second-order valence-corrected chi connectivity index (χ2v) is 11.5. The number of nitro groups is 1. The summed E-state index contributed by atoms with van der Waals surface area (Å²) in [5.41, 5.74) is 6.20. The molecule has 2 aromatic heterocycles. The Labute approximate surface area is 243 Å². The molecule has 9 heteroatoms. The molecule has 41 heavy (non-hydrogen) atoms. The van der Waals surface area contributed by atoms with Crippen LogP contribution < -0.4 is 14.9 Å². The van der Waals surface area contributed by atoms with Gasteiger partial charge in [-0.25, -0.2) is 4.99 Å². The number of aromatic nitrogens is 1. The topological polar surface area (TPSA) is 90.6 Å². The van der Waals surface area contributed by atoms with Crippen molar-refractivity contribution >= 4 is 40.4 Å². The lowest BCUT2D eigenvalue weighted by molar-refractivity contribution is -0.385. The maximum atomic E-state index is 14.0. The first kappa shape index (κ1) is 25.4. The van der Waals surface area contributed by atoms with Crippen LogP contribution in [-0.2, 0) is 6.42 Å². The van der Waals surface area contributed by atoms with Crippen LogP contribution in [-0.4, -0.2) is 9.49 Å². The van der Waals surface area contributed by atoms with E-state index >= 15 is 0 Å². The predicted octanol–water partition coefficient (Wildman–Crippen LogP) is 6.45. The Hall–Kier alpha value is -4.53. The number of halogens is 1. The number of rotatable bonds is 4. The van der Waals surface area contributed by atoms with E-state index in [1.807, 2.05) is 36.4 Å². The van der Waals surface area contributed by atoms with Crippen LogP contribution in [0.1, 0.15) is 40.5 Å². The van der Waals surface area contributed by atoms with Gasteiger partial charge in [0, 0.05) is 33.9 Å². The Morgan fingerprint density at radius 2 is 1.88 bits per heavy atom. The van der Waals surface area contributed by atoms with Gasteiger partial charge in [-0.15, -0.1) is 0 Å². The molecule has 1 aliphatic heterocycles. The summed E-state index contributed by atoms with van der Waals surface area (Å²) in [6.07, 6.45) is 3.35. The van der Waals surface area contributed by atoms with E-state index in [0.29, 0.717) is 37.0 Å². The number of benzene rings is 3. The zero-order valence-electron chi connectivity index (χ0n) is 21.8. The van der Waals surface area contributed by atoms with Crippen molar-refractivity contribution < 1.29 is 9.34 Å². The third kappa shape index (κ3) is 4.27. The molecule has 2 aliphatic rings. The summed E-state index contributed by atoms with van der Waals surface area (Å²) in [5, 5.41) is 12.0. The van der Waals surface area contributed by atoms with Crippen LogP contribution >= 0.6 is 22.9 Å². The number of allylic oxidation sites excluding steroid dienone is 1. The first-order valence-electron chi connectivity index (χ1n) is 13.1. The monoisotopic (exact) mass is 579 g/mol. The van der Waals surface area contributed by atoms with Crippen LogP contribution in [0.25, 0.3) is 23.1 Å². The summed E-state index contributed by atoms with van der Waals surface area (Å²) in [6.45, 7) is 1.70. The number of nitro benzene ring substituents is 1. The number of hydrogen-bond donors (Lipinski definition) is 0. The number of furan rings is 1. The lowest BCUT2D eigenvalue weighted by atomic mass is 9.83. The Morgan fingerprint density at radius 3 is 2.71 bits per heavy atom. The van der Waals surface area contributed by atoms with Gasteiger partial charge >= 0.3 is 0 Å². The van der Waals surface area contributed by atoms with Crippen molar-refractivity contribution in [1.29, 1.82) is 0 Å². The molecule has 0 N–H and O–H groups in total. The van der Waals surface area contributed by atoms with Crippen LogP contribution in [0, 0.1) is 17.0 Å². The number of fused-ring (bicyclic) bond motifs is 3. The van der Waals surface area contributed by atoms with Crippen molar-refractivity contribution in [3.8, 4) is 11.3 Å². The highest BCUT2D eigenvalue weighted by Crippen LogP contribution is 2.42. The van der Waals surface area contributed by atoms with Crippen molar-refractivity contribution in [1.82, 2.24) is 4.57 Å². The molecule has 0 spiro atoms. The third-order valence-corrected chi connectivity index (χ3v) is 8.99. The van der Waals surface area contributed by atoms with E-state index in [2.05, 4.69) is 12.1 Å².